The van der Waals surface area contributed by atoms with Gasteiger partial charge in [0.1, 0.15) is 4.70 Å². The number of halogens is 1. The average molecular weight is 307 g/mol. The third-order valence-electron chi connectivity index (χ3n) is 2.46. The minimum Gasteiger partial charge on any atom is -0.267 e. The van der Waals surface area contributed by atoms with Crippen molar-refractivity contribution in [1.82, 2.24) is 8.58 Å². The number of benzene rings is 1. The molecule has 3 aromatic rings. The molecule has 2 heterocycles. The van der Waals surface area contributed by atoms with Gasteiger partial charge in [-0.05, 0) is 11.4 Å². The summed E-state index contributed by atoms with van der Waals surface area (Å²) in [7, 11) is 0. The lowest BCUT2D eigenvalue weighted by Crippen LogP contribution is -2.14. The summed E-state index contributed by atoms with van der Waals surface area (Å²) < 4.78 is 2.09. The third-order valence-corrected chi connectivity index (χ3v) is 4.01. The SMILES string of the molecule is O=c1c2sccc2nc(-c2ccccc2)n1Br. The van der Waals surface area contributed by atoms with Crippen LogP contribution < -0.4 is 5.56 Å². The fourth-order valence-corrected chi connectivity index (χ4v) is 3.00. The van der Waals surface area contributed by atoms with Gasteiger partial charge in [0.25, 0.3) is 5.56 Å². The molecule has 5 heteroatoms. The smallest absolute Gasteiger partial charge is 0.267 e. The maximum atomic E-state index is 12.1. The van der Waals surface area contributed by atoms with Crippen LogP contribution in [0.5, 0.6) is 0 Å². The van der Waals surface area contributed by atoms with Crippen molar-refractivity contribution in [3.63, 3.8) is 0 Å². The van der Waals surface area contributed by atoms with Crippen LogP contribution in [-0.2, 0) is 0 Å². The van der Waals surface area contributed by atoms with Crippen molar-refractivity contribution in [3.8, 4) is 11.4 Å². The maximum absolute atomic E-state index is 12.1. The summed E-state index contributed by atoms with van der Waals surface area (Å²) in [4.78, 5) is 16.6. The molecule has 3 nitrogen and oxygen atoms in total. The number of fused-ring (bicyclic) bond motifs is 1. The highest BCUT2D eigenvalue weighted by Crippen LogP contribution is 2.22. The van der Waals surface area contributed by atoms with E-state index in [1.54, 1.807) is 0 Å². The zero-order valence-corrected chi connectivity index (χ0v) is 11.0. The van der Waals surface area contributed by atoms with Gasteiger partial charge in [-0.15, -0.1) is 11.3 Å². The zero-order chi connectivity index (χ0) is 11.8. The Hall–Kier alpha value is -1.46. The Labute approximate surface area is 110 Å². The monoisotopic (exact) mass is 306 g/mol. The Kier molecular flexibility index (Phi) is 2.57. The van der Waals surface area contributed by atoms with Crippen molar-refractivity contribution in [1.29, 1.82) is 0 Å². The van der Waals surface area contributed by atoms with Gasteiger partial charge in [0.05, 0.1) is 21.7 Å². The fourth-order valence-electron chi connectivity index (χ4n) is 1.66. The Morgan fingerprint density at radius 2 is 1.94 bits per heavy atom. The Morgan fingerprint density at radius 1 is 1.18 bits per heavy atom. The summed E-state index contributed by atoms with van der Waals surface area (Å²) in [6, 6.07) is 11.5. The fraction of sp³-hybridized carbons (Fsp3) is 0. The first-order chi connectivity index (χ1) is 8.27. The van der Waals surface area contributed by atoms with E-state index in [1.165, 1.54) is 14.9 Å². The van der Waals surface area contributed by atoms with Crippen LogP contribution in [0, 0.1) is 0 Å². The topological polar surface area (TPSA) is 34.9 Å². The zero-order valence-electron chi connectivity index (χ0n) is 8.63. The number of thiophene rings is 1. The van der Waals surface area contributed by atoms with Gasteiger partial charge in [-0.25, -0.2) is 8.58 Å². The molecule has 0 amide bonds. The van der Waals surface area contributed by atoms with Crippen LogP contribution in [0.3, 0.4) is 0 Å². The van der Waals surface area contributed by atoms with Gasteiger partial charge >= 0.3 is 0 Å². The first-order valence-corrected chi connectivity index (χ1v) is 6.58. The van der Waals surface area contributed by atoms with Gasteiger partial charge in [0.15, 0.2) is 5.82 Å². The number of aromatic nitrogens is 2. The normalized spacial score (nSPS) is 10.9. The first kappa shape index (κ1) is 10.7. The number of rotatable bonds is 1. The number of nitrogens with zero attached hydrogens (tertiary/aromatic N) is 2. The number of hydrogen-bond acceptors (Lipinski definition) is 3. The van der Waals surface area contributed by atoms with Crippen LogP contribution in [0.2, 0.25) is 0 Å². The molecular weight excluding hydrogens is 300 g/mol. The molecule has 0 saturated heterocycles. The number of hydrogen-bond donors (Lipinski definition) is 0. The second-order valence-corrected chi connectivity index (χ2v) is 5.15. The van der Waals surface area contributed by atoms with Gasteiger partial charge in [-0.1, -0.05) is 30.3 Å². The lowest BCUT2D eigenvalue weighted by atomic mass is 10.2. The van der Waals surface area contributed by atoms with Crippen LogP contribution in [0.4, 0.5) is 0 Å². The standard InChI is InChI=1S/C12H7BrN2OS/c13-15-11(8-4-2-1-3-5-8)14-9-6-7-17-10(9)12(15)16/h1-7H. The minimum absolute atomic E-state index is 0.0659. The molecule has 1 aromatic carbocycles. The summed E-state index contributed by atoms with van der Waals surface area (Å²) in [5.41, 5.74) is 1.59. The predicted octanol–water partition coefficient (Wildman–Crippen LogP) is 3.28. The van der Waals surface area contributed by atoms with Crippen LogP contribution >= 0.6 is 27.5 Å². The largest absolute Gasteiger partial charge is 0.281 e. The van der Waals surface area contributed by atoms with Crippen LogP contribution in [0.1, 0.15) is 0 Å². The molecule has 0 aliphatic rings. The van der Waals surface area contributed by atoms with Gasteiger partial charge in [-0.2, -0.15) is 0 Å². The molecular formula is C12H7BrN2OS. The molecule has 0 aliphatic heterocycles. The predicted molar refractivity (Wildman–Crippen MR) is 73.6 cm³/mol. The molecule has 0 bridgehead atoms. The van der Waals surface area contributed by atoms with E-state index >= 15 is 0 Å². The lowest BCUT2D eigenvalue weighted by molar-refractivity contribution is 1.14. The van der Waals surface area contributed by atoms with Crippen LogP contribution in [0.25, 0.3) is 21.6 Å². The molecule has 0 fully saturated rings. The van der Waals surface area contributed by atoms with Gasteiger partial charge < -0.3 is 0 Å². The second kappa shape index (κ2) is 4.09. The highest BCUT2D eigenvalue weighted by molar-refractivity contribution is 9.08. The molecule has 0 N–H and O–H groups in total. The summed E-state index contributed by atoms with van der Waals surface area (Å²) >= 11 is 4.68. The van der Waals surface area contributed by atoms with Crippen LogP contribution in [0.15, 0.2) is 46.6 Å². The van der Waals surface area contributed by atoms with E-state index in [9.17, 15) is 4.79 Å². The third kappa shape index (κ3) is 1.71. The van der Waals surface area contributed by atoms with E-state index < -0.39 is 0 Å². The Morgan fingerprint density at radius 3 is 2.71 bits per heavy atom. The maximum Gasteiger partial charge on any atom is 0.281 e. The lowest BCUT2D eigenvalue weighted by Gasteiger charge is -2.05. The molecule has 0 saturated carbocycles. The quantitative estimate of drug-likeness (QED) is 0.691. The summed E-state index contributed by atoms with van der Waals surface area (Å²) in [6.45, 7) is 0. The van der Waals surface area contributed by atoms with Crippen molar-refractivity contribution in [2.45, 2.75) is 0 Å². The van der Waals surface area contributed by atoms with Gasteiger partial charge in [-0.3, -0.25) is 4.79 Å². The highest BCUT2D eigenvalue weighted by Gasteiger charge is 2.11. The molecule has 0 unspecified atom stereocenters. The van der Waals surface area contributed by atoms with Gasteiger partial charge in [0, 0.05) is 5.56 Å². The Bertz CT molecular complexity index is 733. The summed E-state index contributed by atoms with van der Waals surface area (Å²) in [5, 5.41) is 1.88. The van der Waals surface area contributed by atoms with Gasteiger partial charge in [0.2, 0.25) is 0 Å². The summed E-state index contributed by atoms with van der Waals surface area (Å²) in [5.74, 6) is 0.626. The van der Waals surface area contributed by atoms with Crippen molar-refractivity contribution in [2.24, 2.45) is 0 Å². The van der Waals surface area contributed by atoms with Crippen molar-refractivity contribution in [2.75, 3.05) is 0 Å². The molecule has 0 spiro atoms. The van der Waals surface area contributed by atoms with Crippen molar-refractivity contribution in [3.05, 3.63) is 52.1 Å². The van der Waals surface area contributed by atoms with E-state index in [0.29, 0.717) is 10.5 Å². The summed E-state index contributed by atoms with van der Waals surface area (Å²) in [6.07, 6.45) is 0. The molecule has 2 aromatic heterocycles. The van der Waals surface area contributed by atoms with E-state index in [2.05, 4.69) is 21.1 Å². The van der Waals surface area contributed by atoms with E-state index in [1.807, 2.05) is 41.8 Å². The molecule has 0 atom stereocenters. The van der Waals surface area contributed by atoms with Crippen molar-refractivity contribution < 1.29 is 0 Å². The Balaban J connectivity index is 2.38. The second-order valence-electron chi connectivity index (χ2n) is 3.52. The highest BCUT2D eigenvalue weighted by atomic mass is 79.9. The van der Waals surface area contributed by atoms with E-state index in [4.69, 9.17) is 0 Å². The molecule has 0 aliphatic carbocycles. The molecule has 17 heavy (non-hydrogen) atoms. The molecule has 0 radical (unpaired) electrons. The molecule has 3 rings (SSSR count). The first-order valence-electron chi connectivity index (χ1n) is 4.99. The molecule has 84 valence electrons. The van der Waals surface area contributed by atoms with Crippen LogP contribution in [-0.4, -0.2) is 8.58 Å². The average Bonchev–Trinajstić information content (AvgIpc) is 2.83. The van der Waals surface area contributed by atoms with E-state index in [-0.39, 0.29) is 5.56 Å². The minimum atomic E-state index is -0.0659. The van der Waals surface area contributed by atoms with E-state index in [0.717, 1.165) is 11.1 Å². The van der Waals surface area contributed by atoms with Crippen molar-refractivity contribution >= 4 is 37.7 Å².